The van der Waals surface area contributed by atoms with E-state index in [2.05, 4.69) is 41.5 Å². The summed E-state index contributed by atoms with van der Waals surface area (Å²) in [6.45, 7) is 16.5. The van der Waals surface area contributed by atoms with Crippen molar-refractivity contribution in [3.63, 3.8) is 0 Å². The van der Waals surface area contributed by atoms with Crippen LogP contribution in [0.15, 0.2) is 60.7 Å². The lowest BCUT2D eigenvalue weighted by atomic mass is 10.0. The van der Waals surface area contributed by atoms with Crippen LogP contribution in [0.5, 0.6) is 46.0 Å². The van der Waals surface area contributed by atoms with Crippen molar-refractivity contribution in [1.29, 1.82) is 0 Å². The number of carbonyl (C=O) groups is 2. The van der Waals surface area contributed by atoms with Crippen LogP contribution in [0.2, 0.25) is 0 Å². The van der Waals surface area contributed by atoms with E-state index in [1.54, 1.807) is 60.7 Å². The fraction of sp³-hybridized carbons (Fsp3) is 0.764. The second-order valence-corrected chi connectivity index (χ2v) is 36.4. The van der Waals surface area contributed by atoms with Gasteiger partial charge in [0.05, 0.1) is 50.8 Å². The Hall–Kier alpha value is -6.18. The average Bonchev–Trinajstić information content (AvgIpc) is 0.866. The molecule has 0 fully saturated rings. The summed E-state index contributed by atoms with van der Waals surface area (Å²) in [5.74, 6) is 1.44. The highest BCUT2D eigenvalue weighted by molar-refractivity contribution is 5.92. The number of nitrogens with two attached hydrogens (primary N) is 2. The molecule has 4 N–H and O–H groups in total. The number of hydrogen-bond acceptors (Lipinski definition) is 14. The van der Waals surface area contributed by atoms with E-state index in [0.29, 0.717) is 96.6 Å². The van der Waals surface area contributed by atoms with Crippen LogP contribution in [0.4, 0.5) is 11.4 Å². The van der Waals surface area contributed by atoms with Crippen molar-refractivity contribution in [3.8, 4) is 57.1 Å². The van der Waals surface area contributed by atoms with E-state index in [1.807, 2.05) is 0 Å². The van der Waals surface area contributed by atoms with Crippen molar-refractivity contribution in [2.45, 2.75) is 504 Å². The van der Waals surface area contributed by atoms with Gasteiger partial charge in [-0.25, -0.2) is 19.4 Å². The maximum Gasteiger partial charge on any atom is 0.386 e. The molecule has 0 aliphatic rings. The fourth-order valence-corrected chi connectivity index (χ4v) is 16.8. The van der Waals surface area contributed by atoms with Crippen LogP contribution in [0.25, 0.3) is 11.1 Å². The lowest BCUT2D eigenvalue weighted by molar-refractivity contribution is -0.150. The molecule has 0 radical (unpaired) electrons. The Balaban J connectivity index is 1.62. The van der Waals surface area contributed by atoms with Crippen molar-refractivity contribution in [2.24, 2.45) is 0 Å². The molecule has 0 aliphatic carbocycles. The van der Waals surface area contributed by atoms with Crippen molar-refractivity contribution in [3.05, 3.63) is 71.8 Å². The molecule has 0 amide bonds. The summed E-state index contributed by atoms with van der Waals surface area (Å²) in [6, 6.07) is 16.9. The lowest BCUT2D eigenvalue weighted by Crippen LogP contribution is -2.13. The van der Waals surface area contributed by atoms with Gasteiger partial charge in [-0.15, -0.1) is 0 Å². The smallest absolute Gasteiger partial charge is 0.386 e. The van der Waals surface area contributed by atoms with E-state index in [9.17, 15) is 9.59 Å². The molecule has 0 heterocycles. The molecule has 4 aromatic rings. The van der Waals surface area contributed by atoms with Crippen molar-refractivity contribution in [2.75, 3.05) is 51.1 Å². The van der Waals surface area contributed by atoms with Crippen LogP contribution in [0.1, 0.15) is 525 Å². The summed E-state index contributed by atoms with van der Waals surface area (Å²) >= 11 is 0. The molecule has 710 valence electrons. The first kappa shape index (κ1) is 110. The highest BCUT2D eigenvalue weighted by Gasteiger charge is 2.26. The zero-order valence-electron chi connectivity index (χ0n) is 81.0. The second-order valence-electron chi connectivity index (χ2n) is 36.4. The summed E-state index contributed by atoms with van der Waals surface area (Å²) in [4.78, 5) is 53.4. The molecule has 4 rings (SSSR count). The van der Waals surface area contributed by atoms with Crippen LogP contribution in [-0.4, -0.2) is 51.6 Å². The molecule has 124 heavy (non-hydrogen) atoms. The van der Waals surface area contributed by atoms with Gasteiger partial charge < -0.3 is 39.9 Å². The largest absolute Gasteiger partial charge is 0.490 e. The maximum absolute atomic E-state index is 14.8. The molecule has 0 aromatic heterocycles. The van der Waals surface area contributed by atoms with Crippen molar-refractivity contribution < 1.29 is 57.6 Å². The fourth-order valence-electron chi connectivity index (χ4n) is 16.8. The summed E-state index contributed by atoms with van der Waals surface area (Å²) < 4.78 is 40.3. The number of unbranched alkanes of at least 4 members (excludes halogenated alkanes) is 66. The molecule has 14 heteroatoms. The van der Waals surface area contributed by atoms with Gasteiger partial charge in [0, 0.05) is 34.6 Å². The molecule has 14 nitrogen and oxygen atoms in total. The van der Waals surface area contributed by atoms with E-state index in [1.165, 1.54) is 360 Å². The lowest BCUT2D eigenvalue weighted by Gasteiger charge is -2.19. The van der Waals surface area contributed by atoms with E-state index in [0.717, 1.165) is 103 Å². The standard InChI is InChI=1S/C110H188N2O12/c1-7-13-19-25-31-37-43-49-55-61-67-73-83-115-103-89-95(90-104(116-84-74-68-62-56-50-44-38-32-26-20-14-8-2)107(103)119-87-77-71-65-59-53-47-41-35-29-23-17-11-5)109(113)123-121-101-93-97(111)79-81-99(101)100-82-80-98(112)94-102(100)122-124-110(114)96-91-105(117-85-75-69-63-57-51-45-39-33-27-21-15-9-3)108(120-88-78-72-66-60-54-48-42-36-30-24-18-12-6)106(92-96)118-86-76-70-64-58-52-46-40-34-28-22-16-10-4/h79-82,89-94H,7-78,83-88,111-112H2,1-6H3. The van der Waals surface area contributed by atoms with E-state index >= 15 is 0 Å². The highest BCUT2D eigenvalue weighted by Crippen LogP contribution is 2.44. The van der Waals surface area contributed by atoms with E-state index in [-0.39, 0.29) is 22.6 Å². The van der Waals surface area contributed by atoms with Gasteiger partial charge in [0.25, 0.3) is 0 Å². The molecular weight excluding hydrogens is 1540 g/mol. The van der Waals surface area contributed by atoms with Crippen LogP contribution in [-0.2, 0) is 9.78 Å². The average molecular weight is 1730 g/mol. The quantitative estimate of drug-likeness (QED) is 0.0185. The monoisotopic (exact) mass is 1730 g/mol. The number of rotatable bonds is 91. The Labute approximate surface area is 760 Å². The Morgan fingerprint density at radius 2 is 0.363 bits per heavy atom. The molecule has 4 aromatic carbocycles. The Kier molecular flexibility index (Phi) is 71.2. The van der Waals surface area contributed by atoms with Gasteiger partial charge in [-0.05, 0) is 87.1 Å². The van der Waals surface area contributed by atoms with Gasteiger partial charge >= 0.3 is 11.9 Å². The molecule has 0 bridgehead atoms. The molecular formula is C110H188N2O12. The third kappa shape index (κ3) is 56.9. The van der Waals surface area contributed by atoms with Gasteiger partial charge in [-0.2, -0.15) is 0 Å². The molecule has 0 aliphatic heterocycles. The van der Waals surface area contributed by atoms with Crippen LogP contribution in [0.3, 0.4) is 0 Å². The first-order valence-corrected chi connectivity index (χ1v) is 52.9. The Bertz CT molecular complexity index is 2830. The summed E-state index contributed by atoms with van der Waals surface area (Å²) in [5.41, 5.74) is 15.0. The summed E-state index contributed by atoms with van der Waals surface area (Å²) in [5, 5.41) is 0. The van der Waals surface area contributed by atoms with E-state index in [4.69, 9.17) is 59.4 Å². The van der Waals surface area contributed by atoms with Crippen molar-refractivity contribution in [1.82, 2.24) is 0 Å². The zero-order chi connectivity index (χ0) is 88.5. The van der Waals surface area contributed by atoms with Gasteiger partial charge in [0.2, 0.25) is 11.5 Å². The number of carbonyl (C=O) groups excluding carboxylic acids is 2. The highest BCUT2D eigenvalue weighted by atomic mass is 17.2. The third-order valence-corrected chi connectivity index (χ3v) is 24.7. The first-order valence-electron chi connectivity index (χ1n) is 52.9. The second kappa shape index (κ2) is 80.2. The molecule has 0 unspecified atom stereocenters. The van der Waals surface area contributed by atoms with Gasteiger partial charge in [-0.3, -0.25) is 9.78 Å². The number of benzene rings is 4. The normalized spacial score (nSPS) is 11.4. The minimum Gasteiger partial charge on any atom is -0.490 e. The predicted octanol–water partition coefficient (Wildman–Crippen LogP) is 35.3. The summed E-state index contributed by atoms with van der Waals surface area (Å²) in [6.07, 6.45) is 89.2. The molecule has 0 atom stereocenters. The predicted molar refractivity (Wildman–Crippen MR) is 525 cm³/mol. The number of ether oxygens (including phenoxy) is 6. The number of nitrogen functional groups attached to an aromatic ring is 2. The maximum atomic E-state index is 14.8. The molecule has 0 spiro atoms. The van der Waals surface area contributed by atoms with Gasteiger partial charge in [0.15, 0.2) is 34.5 Å². The number of anilines is 2. The van der Waals surface area contributed by atoms with Crippen molar-refractivity contribution >= 4 is 23.3 Å². The van der Waals surface area contributed by atoms with Crippen LogP contribution in [0, 0.1) is 0 Å². The molecule has 0 saturated carbocycles. The minimum absolute atomic E-state index is 0.104. The molecule has 0 saturated heterocycles. The number of hydrogen-bond donors (Lipinski definition) is 2. The van der Waals surface area contributed by atoms with Crippen LogP contribution < -0.4 is 49.7 Å². The van der Waals surface area contributed by atoms with Gasteiger partial charge in [0.1, 0.15) is 0 Å². The van der Waals surface area contributed by atoms with Gasteiger partial charge in [-0.1, -0.05) is 465 Å². The Morgan fingerprint density at radius 3 is 0.540 bits per heavy atom. The summed E-state index contributed by atoms with van der Waals surface area (Å²) in [7, 11) is 0. The van der Waals surface area contributed by atoms with E-state index < -0.39 is 11.9 Å². The first-order chi connectivity index (χ1) is 61.2. The topological polar surface area (TPSA) is 178 Å². The minimum atomic E-state index is -0.773. The third-order valence-electron chi connectivity index (χ3n) is 24.7. The van der Waals surface area contributed by atoms with Crippen LogP contribution >= 0.6 is 0 Å². The SMILES string of the molecule is CCCCCCCCCCCCCCOc1cc(C(=O)OOc2cc(N)ccc2-c2ccc(N)cc2OOC(=O)c2cc(OCCCCCCCCCCCCCC)c(OCCCCCCCCCCCCCC)c(OCCCCCCCCCCCCCC)c2)cc(OCCCCCCCCCCCCCC)c1OCCCCCCCCCCCCCC. The Morgan fingerprint density at radius 1 is 0.202 bits per heavy atom. The zero-order valence-corrected chi connectivity index (χ0v) is 81.0.